The van der Waals surface area contributed by atoms with Gasteiger partial charge in [0.2, 0.25) is 0 Å². The molecular weight excluding hydrogens is 346 g/mol. The van der Waals surface area contributed by atoms with Crippen LogP contribution < -0.4 is 0 Å². The van der Waals surface area contributed by atoms with Crippen LogP contribution in [0.5, 0.6) is 0 Å². The van der Waals surface area contributed by atoms with E-state index in [1.807, 2.05) is 18.2 Å². The van der Waals surface area contributed by atoms with E-state index in [9.17, 15) is 0 Å². The summed E-state index contributed by atoms with van der Waals surface area (Å²) in [6.07, 6.45) is 2.07. The third-order valence-corrected chi connectivity index (χ3v) is 4.56. The molecule has 0 N–H and O–H groups in total. The average molecular weight is 360 g/mol. The minimum atomic E-state index is 0.646. The lowest BCUT2D eigenvalue weighted by atomic mass is 10.00. The molecule has 106 valence electrons. The Morgan fingerprint density at radius 1 is 1.00 bits per heavy atom. The van der Waals surface area contributed by atoms with Gasteiger partial charge in [-0.2, -0.15) is 0 Å². The monoisotopic (exact) mass is 359 g/mol. The van der Waals surface area contributed by atoms with Crippen LogP contribution in [0.3, 0.4) is 0 Å². The van der Waals surface area contributed by atoms with Crippen molar-refractivity contribution < 1.29 is 4.52 Å². The smallest absolute Gasteiger partial charge is 0.155 e. The molecule has 3 aromatic rings. The largest absolute Gasteiger partial charge is 0.359 e. The van der Waals surface area contributed by atoms with Crippen molar-refractivity contribution in [3.05, 3.63) is 60.4 Å². The van der Waals surface area contributed by atoms with Gasteiger partial charge in [-0.3, -0.25) is 0 Å². The number of benzene rings is 2. The number of hydrogen-bond donors (Lipinski definition) is 0. The predicted molar refractivity (Wildman–Crippen MR) is 91.8 cm³/mol. The Morgan fingerprint density at radius 3 is 2.33 bits per heavy atom. The SMILES string of the molecule is CSc1ccc(-c2noc(CBr)c2-c2ccccc2)cc1. The van der Waals surface area contributed by atoms with Gasteiger partial charge in [-0.1, -0.05) is 63.6 Å². The summed E-state index contributed by atoms with van der Waals surface area (Å²) in [7, 11) is 0. The molecule has 1 heterocycles. The summed E-state index contributed by atoms with van der Waals surface area (Å²) in [6, 6.07) is 18.6. The van der Waals surface area contributed by atoms with Crippen molar-refractivity contribution in [2.75, 3.05) is 6.26 Å². The van der Waals surface area contributed by atoms with E-state index in [1.165, 1.54) is 4.90 Å². The number of halogens is 1. The summed E-state index contributed by atoms with van der Waals surface area (Å²) < 4.78 is 5.51. The van der Waals surface area contributed by atoms with Crippen LogP contribution >= 0.6 is 27.7 Å². The van der Waals surface area contributed by atoms with Crippen LogP contribution in [-0.2, 0) is 5.33 Å². The topological polar surface area (TPSA) is 26.0 Å². The fourth-order valence-corrected chi connectivity index (χ4v) is 3.05. The second-order valence-corrected chi connectivity index (χ2v) is 6.00. The van der Waals surface area contributed by atoms with E-state index in [1.54, 1.807) is 11.8 Å². The van der Waals surface area contributed by atoms with E-state index in [-0.39, 0.29) is 0 Å². The van der Waals surface area contributed by atoms with Gasteiger partial charge in [0, 0.05) is 10.5 Å². The van der Waals surface area contributed by atoms with Crippen LogP contribution in [-0.4, -0.2) is 11.4 Å². The summed E-state index contributed by atoms with van der Waals surface area (Å²) >= 11 is 5.21. The molecule has 21 heavy (non-hydrogen) atoms. The van der Waals surface area contributed by atoms with Gasteiger partial charge >= 0.3 is 0 Å². The van der Waals surface area contributed by atoms with Gasteiger partial charge in [-0.15, -0.1) is 11.8 Å². The lowest BCUT2D eigenvalue weighted by Crippen LogP contribution is -1.85. The fraction of sp³-hybridized carbons (Fsp3) is 0.118. The zero-order valence-corrected chi connectivity index (χ0v) is 13.9. The molecule has 1 aromatic heterocycles. The molecule has 3 rings (SSSR count). The summed E-state index contributed by atoms with van der Waals surface area (Å²) in [4.78, 5) is 1.24. The molecule has 0 radical (unpaired) electrons. The minimum absolute atomic E-state index is 0.646. The molecule has 0 fully saturated rings. The molecule has 2 aromatic carbocycles. The van der Waals surface area contributed by atoms with Gasteiger partial charge in [-0.05, 0) is 24.0 Å². The van der Waals surface area contributed by atoms with Gasteiger partial charge < -0.3 is 4.52 Å². The maximum absolute atomic E-state index is 5.51. The summed E-state index contributed by atoms with van der Waals surface area (Å²) in [5, 5.41) is 4.92. The zero-order valence-electron chi connectivity index (χ0n) is 11.5. The molecule has 0 aliphatic carbocycles. The summed E-state index contributed by atoms with van der Waals surface area (Å²) in [5.41, 5.74) is 4.15. The summed E-state index contributed by atoms with van der Waals surface area (Å²) in [5.74, 6) is 0.852. The second kappa shape index (κ2) is 6.50. The van der Waals surface area contributed by atoms with Gasteiger partial charge in [0.1, 0.15) is 5.69 Å². The quantitative estimate of drug-likeness (QED) is 0.446. The number of alkyl halides is 1. The van der Waals surface area contributed by atoms with E-state index in [0.717, 1.165) is 28.1 Å². The molecular formula is C17H14BrNOS. The number of aromatic nitrogens is 1. The lowest BCUT2D eigenvalue weighted by Gasteiger charge is -2.04. The number of nitrogens with zero attached hydrogens (tertiary/aromatic N) is 1. The van der Waals surface area contributed by atoms with Crippen molar-refractivity contribution in [3.63, 3.8) is 0 Å². The van der Waals surface area contributed by atoms with E-state index in [0.29, 0.717) is 5.33 Å². The molecule has 0 unspecified atom stereocenters. The predicted octanol–water partition coefficient (Wildman–Crippen LogP) is 5.63. The molecule has 0 saturated heterocycles. The lowest BCUT2D eigenvalue weighted by molar-refractivity contribution is 0.398. The highest BCUT2D eigenvalue weighted by molar-refractivity contribution is 9.08. The van der Waals surface area contributed by atoms with E-state index in [2.05, 4.69) is 63.7 Å². The standard InChI is InChI=1S/C17H14BrNOS/c1-21-14-9-7-13(8-10-14)17-16(15(11-18)20-19-17)12-5-3-2-4-6-12/h2-10H,11H2,1H3. The van der Waals surface area contributed by atoms with Crippen LogP contribution in [0.15, 0.2) is 64.0 Å². The minimum Gasteiger partial charge on any atom is -0.359 e. The molecule has 0 spiro atoms. The second-order valence-electron chi connectivity index (χ2n) is 4.56. The van der Waals surface area contributed by atoms with Gasteiger partial charge in [0.05, 0.1) is 10.9 Å². The first-order chi connectivity index (χ1) is 10.3. The molecule has 0 atom stereocenters. The maximum Gasteiger partial charge on any atom is 0.155 e. The van der Waals surface area contributed by atoms with Gasteiger partial charge in [0.25, 0.3) is 0 Å². The number of thioether (sulfide) groups is 1. The summed E-state index contributed by atoms with van der Waals surface area (Å²) in [6.45, 7) is 0. The van der Waals surface area contributed by atoms with Crippen LogP contribution in [0.25, 0.3) is 22.4 Å². The number of hydrogen-bond acceptors (Lipinski definition) is 3. The van der Waals surface area contributed by atoms with E-state index in [4.69, 9.17) is 4.52 Å². The van der Waals surface area contributed by atoms with Crippen molar-refractivity contribution in [1.82, 2.24) is 5.16 Å². The van der Waals surface area contributed by atoms with Gasteiger partial charge in [-0.25, -0.2) is 0 Å². The maximum atomic E-state index is 5.51. The third kappa shape index (κ3) is 2.92. The van der Waals surface area contributed by atoms with Crippen molar-refractivity contribution in [1.29, 1.82) is 0 Å². The number of rotatable bonds is 4. The highest BCUT2D eigenvalue weighted by Crippen LogP contribution is 2.35. The van der Waals surface area contributed by atoms with Crippen molar-refractivity contribution in [2.45, 2.75) is 10.2 Å². The molecule has 2 nitrogen and oxygen atoms in total. The molecule has 0 aliphatic heterocycles. The van der Waals surface area contributed by atoms with Crippen LogP contribution in [0, 0.1) is 0 Å². The van der Waals surface area contributed by atoms with Crippen LogP contribution in [0.1, 0.15) is 5.76 Å². The highest BCUT2D eigenvalue weighted by Gasteiger charge is 2.18. The van der Waals surface area contributed by atoms with Gasteiger partial charge in [0.15, 0.2) is 5.76 Å². The zero-order chi connectivity index (χ0) is 14.7. The normalized spacial score (nSPS) is 10.8. The molecule has 0 bridgehead atoms. The van der Waals surface area contributed by atoms with Crippen molar-refractivity contribution in [3.8, 4) is 22.4 Å². The van der Waals surface area contributed by atoms with Crippen LogP contribution in [0.4, 0.5) is 0 Å². The Hall–Kier alpha value is -1.52. The highest BCUT2D eigenvalue weighted by atomic mass is 79.9. The van der Waals surface area contributed by atoms with Crippen LogP contribution in [0.2, 0.25) is 0 Å². The van der Waals surface area contributed by atoms with E-state index >= 15 is 0 Å². The Balaban J connectivity index is 2.12. The third-order valence-electron chi connectivity index (χ3n) is 3.31. The van der Waals surface area contributed by atoms with Crippen molar-refractivity contribution in [2.24, 2.45) is 0 Å². The Bertz CT molecular complexity index is 722. The van der Waals surface area contributed by atoms with Crippen molar-refractivity contribution >= 4 is 27.7 Å². The molecule has 0 aliphatic rings. The Kier molecular flexibility index (Phi) is 4.46. The Morgan fingerprint density at radius 2 is 1.71 bits per heavy atom. The first-order valence-corrected chi connectivity index (χ1v) is 8.92. The fourth-order valence-electron chi connectivity index (χ4n) is 2.26. The molecule has 0 amide bonds. The van der Waals surface area contributed by atoms with E-state index < -0.39 is 0 Å². The average Bonchev–Trinajstić information content (AvgIpc) is 2.99. The first kappa shape index (κ1) is 14.4. The molecule has 0 saturated carbocycles. The Labute approximate surface area is 136 Å². The first-order valence-electron chi connectivity index (χ1n) is 6.58. The molecule has 4 heteroatoms.